The number of nitrogens with one attached hydrogen (secondary N) is 1. The molecule has 0 radical (unpaired) electrons. The molecule has 1 aromatic heterocycles. The fourth-order valence-corrected chi connectivity index (χ4v) is 4.12. The van der Waals surface area contributed by atoms with Crippen LogP contribution in [0.15, 0.2) is 42.5 Å². The van der Waals surface area contributed by atoms with Crippen LogP contribution in [0.25, 0.3) is 11.0 Å². The standard InChI is InChI=1S/C20H16F3N3O2.ClH/c21-20(22,23)12-5-6-15-16(11-12)25-18(24-15)26-9-7-19(8-10-26)14-4-2-1-3-13(14)17(27)28-19;/h1-6,11H,7-10H2,(H,24,25);1H. The van der Waals surface area contributed by atoms with Gasteiger partial charge in [-0.25, -0.2) is 9.78 Å². The zero-order valence-corrected chi connectivity index (χ0v) is 15.9. The lowest BCUT2D eigenvalue weighted by atomic mass is 9.84. The highest BCUT2D eigenvalue weighted by atomic mass is 35.5. The van der Waals surface area contributed by atoms with Crippen LogP contribution in [0.1, 0.15) is 34.3 Å². The van der Waals surface area contributed by atoms with Gasteiger partial charge in [0.25, 0.3) is 0 Å². The first-order valence-corrected chi connectivity index (χ1v) is 9.01. The molecule has 3 heterocycles. The largest absolute Gasteiger partial charge is 0.450 e. The lowest BCUT2D eigenvalue weighted by Gasteiger charge is -2.38. The number of ether oxygens (including phenoxy) is 1. The van der Waals surface area contributed by atoms with Crippen molar-refractivity contribution in [1.82, 2.24) is 9.97 Å². The van der Waals surface area contributed by atoms with Gasteiger partial charge in [-0.15, -0.1) is 12.4 Å². The number of fused-ring (bicyclic) bond motifs is 3. The number of hydrogen-bond donors (Lipinski definition) is 1. The van der Waals surface area contributed by atoms with Gasteiger partial charge in [0.05, 0.1) is 22.2 Å². The van der Waals surface area contributed by atoms with Crippen molar-refractivity contribution in [3.63, 3.8) is 0 Å². The molecular formula is C20H17ClF3N3O2. The van der Waals surface area contributed by atoms with Crippen LogP contribution in [0.3, 0.4) is 0 Å². The molecule has 2 aliphatic heterocycles. The second-order valence-corrected chi connectivity index (χ2v) is 7.21. The number of hydrogen-bond acceptors (Lipinski definition) is 4. The number of esters is 1. The predicted molar refractivity (Wildman–Crippen MR) is 103 cm³/mol. The number of H-pyrrole nitrogens is 1. The second-order valence-electron chi connectivity index (χ2n) is 7.21. The first-order chi connectivity index (χ1) is 13.4. The molecule has 2 aliphatic rings. The van der Waals surface area contributed by atoms with Crippen molar-refractivity contribution in [3.8, 4) is 0 Å². The predicted octanol–water partition coefficient (Wildman–Crippen LogP) is 4.67. The maximum absolute atomic E-state index is 12.9. The van der Waals surface area contributed by atoms with E-state index in [0.29, 0.717) is 48.5 Å². The van der Waals surface area contributed by atoms with Gasteiger partial charge in [0, 0.05) is 31.5 Å². The van der Waals surface area contributed by atoms with E-state index in [1.165, 1.54) is 6.07 Å². The van der Waals surface area contributed by atoms with Crippen molar-refractivity contribution in [2.24, 2.45) is 0 Å². The molecule has 0 amide bonds. The first kappa shape index (κ1) is 19.6. The topological polar surface area (TPSA) is 58.2 Å². The normalized spacial score (nSPS) is 17.9. The molecule has 1 saturated heterocycles. The number of rotatable bonds is 1. The number of alkyl halides is 3. The number of anilines is 1. The Hall–Kier alpha value is -2.74. The summed E-state index contributed by atoms with van der Waals surface area (Å²) in [7, 11) is 0. The van der Waals surface area contributed by atoms with Crippen LogP contribution in [0.2, 0.25) is 0 Å². The number of carbonyl (C=O) groups is 1. The zero-order chi connectivity index (χ0) is 19.5. The van der Waals surface area contributed by atoms with Gasteiger partial charge in [-0.2, -0.15) is 13.2 Å². The third-order valence-electron chi connectivity index (χ3n) is 5.59. The van der Waals surface area contributed by atoms with Gasteiger partial charge in [0.2, 0.25) is 5.95 Å². The molecule has 3 aromatic rings. The average Bonchev–Trinajstić information content (AvgIpc) is 3.21. The quantitative estimate of drug-likeness (QED) is 0.578. The summed E-state index contributed by atoms with van der Waals surface area (Å²) >= 11 is 0. The molecule has 5 nitrogen and oxygen atoms in total. The van der Waals surface area contributed by atoms with E-state index in [9.17, 15) is 18.0 Å². The van der Waals surface area contributed by atoms with Crippen molar-refractivity contribution in [3.05, 3.63) is 59.2 Å². The molecule has 9 heteroatoms. The van der Waals surface area contributed by atoms with Crippen LogP contribution in [-0.2, 0) is 16.5 Å². The molecule has 0 saturated carbocycles. The van der Waals surface area contributed by atoms with Crippen molar-refractivity contribution in [2.45, 2.75) is 24.6 Å². The number of nitrogens with zero attached hydrogens (tertiary/aromatic N) is 2. The van der Waals surface area contributed by atoms with Gasteiger partial charge in [0.1, 0.15) is 5.60 Å². The molecular weight excluding hydrogens is 407 g/mol. The van der Waals surface area contributed by atoms with E-state index in [-0.39, 0.29) is 18.4 Å². The summed E-state index contributed by atoms with van der Waals surface area (Å²) in [5.41, 5.74) is 1.03. The minimum absolute atomic E-state index is 0. The van der Waals surface area contributed by atoms with Crippen molar-refractivity contribution in [1.29, 1.82) is 0 Å². The summed E-state index contributed by atoms with van der Waals surface area (Å²) in [5.74, 6) is 0.231. The molecule has 2 aromatic carbocycles. The maximum Gasteiger partial charge on any atom is 0.416 e. The number of halogens is 4. The van der Waals surface area contributed by atoms with Crippen LogP contribution >= 0.6 is 12.4 Å². The summed E-state index contributed by atoms with van der Waals surface area (Å²) in [5, 5.41) is 0. The average molecular weight is 424 g/mol. The minimum atomic E-state index is -4.39. The number of imidazole rings is 1. The summed E-state index contributed by atoms with van der Waals surface area (Å²) in [4.78, 5) is 21.6. The molecule has 1 N–H and O–H groups in total. The smallest absolute Gasteiger partial charge is 0.416 e. The molecule has 0 unspecified atom stereocenters. The monoisotopic (exact) mass is 423 g/mol. The Bertz CT molecular complexity index is 1090. The summed E-state index contributed by atoms with van der Waals surface area (Å²) in [6, 6.07) is 10.9. The highest BCUT2D eigenvalue weighted by molar-refractivity contribution is 5.94. The van der Waals surface area contributed by atoms with Gasteiger partial charge < -0.3 is 14.6 Å². The first-order valence-electron chi connectivity index (χ1n) is 9.01. The van der Waals surface area contributed by atoms with Gasteiger partial charge in [-0.3, -0.25) is 0 Å². The molecule has 0 aliphatic carbocycles. The summed E-state index contributed by atoms with van der Waals surface area (Å²) in [6.07, 6.45) is -3.20. The Morgan fingerprint density at radius 1 is 1.10 bits per heavy atom. The maximum atomic E-state index is 12.9. The Kier molecular flexibility index (Phi) is 4.49. The third-order valence-corrected chi connectivity index (χ3v) is 5.59. The Morgan fingerprint density at radius 3 is 2.55 bits per heavy atom. The van der Waals surface area contributed by atoms with Gasteiger partial charge in [-0.1, -0.05) is 18.2 Å². The zero-order valence-electron chi connectivity index (χ0n) is 15.1. The van der Waals surface area contributed by atoms with Crippen LogP contribution in [0.5, 0.6) is 0 Å². The Labute approximate surface area is 170 Å². The van der Waals surface area contributed by atoms with Crippen LogP contribution in [-0.4, -0.2) is 29.0 Å². The summed E-state index contributed by atoms with van der Waals surface area (Å²) < 4.78 is 44.5. The number of aromatic nitrogens is 2. The van der Waals surface area contributed by atoms with Crippen LogP contribution in [0, 0.1) is 0 Å². The van der Waals surface area contributed by atoms with E-state index in [0.717, 1.165) is 17.7 Å². The van der Waals surface area contributed by atoms with E-state index in [2.05, 4.69) is 9.97 Å². The van der Waals surface area contributed by atoms with E-state index < -0.39 is 17.3 Å². The van der Waals surface area contributed by atoms with E-state index >= 15 is 0 Å². The van der Waals surface area contributed by atoms with Gasteiger partial charge >= 0.3 is 12.1 Å². The SMILES string of the molecule is Cl.O=C1OC2(CCN(c3nc4ccc(C(F)(F)F)cc4[nH]3)CC2)c2ccccc21. The molecule has 29 heavy (non-hydrogen) atoms. The number of carbonyl (C=O) groups excluding carboxylic acids is 1. The third kappa shape index (κ3) is 3.11. The number of piperidine rings is 1. The van der Waals surface area contributed by atoms with Gasteiger partial charge in [0.15, 0.2) is 0 Å². The second kappa shape index (κ2) is 6.66. The van der Waals surface area contributed by atoms with E-state index in [4.69, 9.17) is 4.74 Å². The highest BCUT2D eigenvalue weighted by Gasteiger charge is 2.47. The van der Waals surface area contributed by atoms with Crippen molar-refractivity contribution < 1.29 is 22.7 Å². The van der Waals surface area contributed by atoms with E-state index in [1.807, 2.05) is 23.1 Å². The lowest BCUT2D eigenvalue weighted by molar-refractivity contribution is -0.137. The van der Waals surface area contributed by atoms with Crippen molar-refractivity contribution in [2.75, 3.05) is 18.0 Å². The number of aromatic amines is 1. The van der Waals surface area contributed by atoms with E-state index in [1.54, 1.807) is 6.07 Å². The van der Waals surface area contributed by atoms with Crippen LogP contribution in [0.4, 0.5) is 19.1 Å². The van der Waals surface area contributed by atoms with Crippen molar-refractivity contribution >= 4 is 35.4 Å². The van der Waals surface area contributed by atoms with Gasteiger partial charge in [-0.05, 0) is 24.3 Å². The molecule has 5 rings (SSSR count). The molecule has 0 atom stereocenters. The fraction of sp³-hybridized carbons (Fsp3) is 0.300. The Morgan fingerprint density at radius 2 is 1.83 bits per heavy atom. The molecule has 0 bridgehead atoms. The molecule has 1 spiro atoms. The molecule has 1 fully saturated rings. The fourth-order valence-electron chi connectivity index (χ4n) is 4.12. The highest BCUT2D eigenvalue weighted by Crippen LogP contribution is 2.44. The Balaban J connectivity index is 0.00000205. The van der Waals surface area contributed by atoms with Crippen LogP contribution < -0.4 is 4.90 Å². The molecule has 152 valence electrons. The summed E-state index contributed by atoms with van der Waals surface area (Å²) in [6.45, 7) is 1.15. The number of benzene rings is 2. The minimum Gasteiger partial charge on any atom is -0.450 e. The lowest BCUT2D eigenvalue weighted by Crippen LogP contribution is -2.43.